The predicted molar refractivity (Wildman–Crippen MR) is 88.0 cm³/mol. The average molecular weight is 311 g/mol. The van der Waals surface area contributed by atoms with Gasteiger partial charge in [0.15, 0.2) is 0 Å². The molecule has 1 saturated heterocycles. The van der Waals surface area contributed by atoms with Crippen LogP contribution in [0.2, 0.25) is 0 Å². The van der Waals surface area contributed by atoms with Crippen molar-refractivity contribution in [2.45, 2.75) is 6.92 Å². The maximum Gasteiger partial charge on any atom is 0.321 e. The van der Waals surface area contributed by atoms with Crippen molar-refractivity contribution in [3.63, 3.8) is 0 Å². The van der Waals surface area contributed by atoms with Crippen molar-refractivity contribution in [2.75, 3.05) is 23.3 Å². The highest BCUT2D eigenvalue weighted by atomic mass is 16.3. The van der Waals surface area contributed by atoms with Crippen LogP contribution in [-0.4, -0.2) is 30.1 Å². The Morgan fingerprint density at radius 3 is 2.61 bits per heavy atom. The van der Waals surface area contributed by atoms with Crippen LogP contribution in [0.4, 0.5) is 16.2 Å². The minimum Gasteiger partial charge on any atom is -0.507 e. The lowest BCUT2D eigenvalue weighted by Gasteiger charge is -2.15. The number of phenolic OH excluding ortho intramolecular Hbond substituents is 1. The summed E-state index contributed by atoms with van der Waals surface area (Å²) in [6, 6.07) is 11.8. The molecule has 3 N–H and O–H groups in total. The summed E-state index contributed by atoms with van der Waals surface area (Å²) in [5, 5.41) is 15.3. The number of phenols is 1. The molecule has 1 aliphatic heterocycles. The maximum absolute atomic E-state index is 12.2. The predicted octanol–water partition coefficient (Wildman–Crippen LogP) is 2.48. The van der Waals surface area contributed by atoms with Crippen LogP contribution in [0.3, 0.4) is 0 Å². The molecule has 6 heteroatoms. The molecule has 2 aromatic rings. The highest BCUT2D eigenvalue weighted by molar-refractivity contribution is 6.06. The Morgan fingerprint density at radius 1 is 1.22 bits per heavy atom. The van der Waals surface area contributed by atoms with E-state index in [1.807, 2.05) is 6.92 Å². The lowest BCUT2D eigenvalue weighted by Crippen LogP contribution is -2.27. The maximum atomic E-state index is 12.2. The van der Waals surface area contributed by atoms with Gasteiger partial charge in [0.25, 0.3) is 5.91 Å². The Labute approximate surface area is 133 Å². The molecule has 1 fully saturated rings. The molecule has 0 radical (unpaired) electrons. The fraction of sp³-hybridized carbons (Fsp3) is 0.176. The third-order valence-electron chi connectivity index (χ3n) is 3.69. The number of amides is 3. The molecule has 3 amide bonds. The summed E-state index contributed by atoms with van der Waals surface area (Å²) in [5.41, 5.74) is 2.49. The van der Waals surface area contributed by atoms with Crippen molar-refractivity contribution < 1.29 is 14.7 Å². The molecule has 1 heterocycles. The van der Waals surface area contributed by atoms with Gasteiger partial charge in [0.2, 0.25) is 0 Å². The van der Waals surface area contributed by atoms with E-state index in [4.69, 9.17) is 0 Å². The van der Waals surface area contributed by atoms with Gasteiger partial charge in [-0.25, -0.2) is 4.79 Å². The first kappa shape index (κ1) is 14.9. The second kappa shape index (κ2) is 6.00. The second-order valence-electron chi connectivity index (χ2n) is 5.41. The highest BCUT2D eigenvalue weighted by Crippen LogP contribution is 2.22. The van der Waals surface area contributed by atoms with Crippen LogP contribution in [-0.2, 0) is 0 Å². The summed E-state index contributed by atoms with van der Waals surface area (Å²) >= 11 is 0. The summed E-state index contributed by atoms with van der Waals surface area (Å²) in [6.45, 7) is 3.11. The average Bonchev–Trinajstić information content (AvgIpc) is 2.96. The number of anilines is 2. The van der Waals surface area contributed by atoms with Gasteiger partial charge >= 0.3 is 6.03 Å². The van der Waals surface area contributed by atoms with Gasteiger partial charge in [-0.3, -0.25) is 9.69 Å². The van der Waals surface area contributed by atoms with Crippen LogP contribution in [0.15, 0.2) is 42.5 Å². The number of hydrogen-bond donors (Lipinski definition) is 3. The molecule has 2 aromatic carbocycles. The fourth-order valence-electron chi connectivity index (χ4n) is 2.47. The van der Waals surface area contributed by atoms with Gasteiger partial charge in [-0.2, -0.15) is 0 Å². The summed E-state index contributed by atoms with van der Waals surface area (Å²) < 4.78 is 0. The largest absolute Gasteiger partial charge is 0.507 e. The number of carbonyl (C=O) groups excluding carboxylic acids is 2. The lowest BCUT2D eigenvalue weighted by atomic mass is 10.1. The lowest BCUT2D eigenvalue weighted by molar-refractivity contribution is 0.102. The van der Waals surface area contributed by atoms with E-state index < -0.39 is 0 Å². The van der Waals surface area contributed by atoms with Crippen molar-refractivity contribution in [3.8, 4) is 5.75 Å². The molecular formula is C17H17N3O3. The number of hydrogen-bond acceptors (Lipinski definition) is 3. The first-order valence-corrected chi connectivity index (χ1v) is 7.31. The first-order chi connectivity index (χ1) is 11.0. The zero-order valence-electron chi connectivity index (χ0n) is 12.7. The third kappa shape index (κ3) is 3.11. The van der Waals surface area contributed by atoms with Crippen LogP contribution in [0.1, 0.15) is 15.9 Å². The second-order valence-corrected chi connectivity index (χ2v) is 5.41. The van der Waals surface area contributed by atoms with Crippen molar-refractivity contribution >= 4 is 23.3 Å². The van der Waals surface area contributed by atoms with Gasteiger partial charge in [-0.05, 0) is 43.3 Å². The molecule has 0 spiro atoms. The number of aryl methyl sites for hydroxylation is 1. The molecule has 3 rings (SSSR count). The van der Waals surface area contributed by atoms with E-state index in [2.05, 4.69) is 10.6 Å². The van der Waals surface area contributed by atoms with Gasteiger partial charge in [-0.15, -0.1) is 0 Å². The van der Waals surface area contributed by atoms with E-state index in [0.717, 1.165) is 11.3 Å². The van der Waals surface area contributed by atoms with Crippen LogP contribution < -0.4 is 15.5 Å². The van der Waals surface area contributed by atoms with Crippen LogP contribution in [0, 0.1) is 6.92 Å². The summed E-state index contributed by atoms with van der Waals surface area (Å²) in [4.78, 5) is 25.5. The van der Waals surface area contributed by atoms with Crippen molar-refractivity contribution in [3.05, 3.63) is 53.6 Å². The Hall–Kier alpha value is -3.02. The molecule has 1 aliphatic rings. The smallest absolute Gasteiger partial charge is 0.321 e. The minimum absolute atomic E-state index is 0.0570. The summed E-state index contributed by atoms with van der Waals surface area (Å²) in [7, 11) is 0. The van der Waals surface area contributed by atoms with Gasteiger partial charge < -0.3 is 15.7 Å². The first-order valence-electron chi connectivity index (χ1n) is 7.31. The fourth-order valence-corrected chi connectivity index (χ4v) is 2.47. The topological polar surface area (TPSA) is 81.7 Å². The minimum atomic E-state index is -0.377. The molecular weight excluding hydrogens is 294 g/mol. The Balaban J connectivity index is 1.74. The standard InChI is InChI=1S/C17H17N3O3/c1-11-2-7-15(21)14(10-11)16(22)19-12-3-5-13(6-4-12)20-9-8-18-17(20)23/h2-7,10,21H,8-9H2,1H3,(H,18,23)(H,19,22). The number of nitrogens with zero attached hydrogens (tertiary/aromatic N) is 1. The molecule has 6 nitrogen and oxygen atoms in total. The van der Waals surface area contributed by atoms with Crippen molar-refractivity contribution in [2.24, 2.45) is 0 Å². The number of rotatable bonds is 3. The van der Waals surface area contributed by atoms with Gasteiger partial charge in [0.1, 0.15) is 5.75 Å². The Kier molecular flexibility index (Phi) is 3.89. The number of urea groups is 1. The molecule has 0 saturated carbocycles. The van der Waals surface area contributed by atoms with E-state index >= 15 is 0 Å². The molecule has 0 bridgehead atoms. The molecule has 0 atom stereocenters. The Morgan fingerprint density at radius 2 is 1.96 bits per heavy atom. The molecule has 0 aliphatic carbocycles. The Bertz CT molecular complexity index is 756. The van der Waals surface area contributed by atoms with E-state index in [1.54, 1.807) is 41.3 Å². The van der Waals surface area contributed by atoms with Crippen LogP contribution in [0.25, 0.3) is 0 Å². The van der Waals surface area contributed by atoms with E-state index in [-0.39, 0.29) is 23.3 Å². The zero-order valence-corrected chi connectivity index (χ0v) is 12.7. The number of benzene rings is 2. The quantitative estimate of drug-likeness (QED) is 0.814. The normalized spacial score (nSPS) is 13.8. The van der Waals surface area contributed by atoms with E-state index in [0.29, 0.717) is 18.8 Å². The molecule has 0 unspecified atom stereocenters. The van der Waals surface area contributed by atoms with Gasteiger partial charge in [-0.1, -0.05) is 11.6 Å². The van der Waals surface area contributed by atoms with Gasteiger partial charge in [0.05, 0.1) is 5.56 Å². The van der Waals surface area contributed by atoms with Crippen LogP contribution >= 0.6 is 0 Å². The number of aromatic hydroxyl groups is 1. The SMILES string of the molecule is Cc1ccc(O)c(C(=O)Nc2ccc(N3CCNC3=O)cc2)c1. The van der Waals surface area contributed by atoms with Crippen LogP contribution in [0.5, 0.6) is 5.75 Å². The van der Waals surface area contributed by atoms with E-state index in [1.165, 1.54) is 6.07 Å². The van der Waals surface area contributed by atoms with E-state index in [9.17, 15) is 14.7 Å². The summed E-state index contributed by atoms with van der Waals surface area (Å²) in [6.07, 6.45) is 0. The summed E-state index contributed by atoms with van der Waals surface area (Å²) in [5.74, 6) is -0.434. The molecule has 0 aromatic heterocycles. The monoisotopic (exact) mass is 311 g/mol. The number of carbonyl (C=O) groups is 2. The van der Waals surface area contributed by atoms with Crippen molar-refractivity contribution in [1.82, 2.24) is 5.32 Å². The van der Waals surface area contributed by atoms with Crippen molar-refractivity contribution in [1.29, 1.82) is 0 Å². The third-order valence-corrected chi connectivity index (χ3v) is 3.69. The van der Waals surface area contributed by atoms with Gasteiger partial charge in [0, 0.05) is 24.5 Å². The number of nitrogens with one attached hydrogen (secondary N) is 2. The highest BCUT2D eigenvalue weighted by Gasteiger charge is 2.20. The zero-order chi connectivity index (χ0) is 16.4. The molecule has 118 valence electrons. The molecule has 23 heavy (non-hydrogen) atoms.